The standard InChI is InChI=1S/C26H33N3O4S/c1-29(2)24(31)17-16-21-11-6-13-22(19-21)27-26(34)28-23(30)14-7-15-25(32)33-18-8-12-20-9-4-3-5-10-20/h3-6,9-11,13,19H,7-8,12,14-18H2,1-2H3,(H2,27,28,30,34). The summed E-state index contributed by atoms with van der Waals surface area (Å²) in [6, 6.07) is 17.6. The number of rotatable bonds is 12. The van der Waals surface area contributed by atoms with Crippen molar-refractivity contribution in [2.24, 2.45) is 0 Å². The molecular weight excluding hydrogens is 450 g/mol. The average molecular weight is 484 g/mol. The molecule has 2 rings (SSSR count). The number of thiocarbonyl (C=S) groups is 1. The third-order valence-corrected chi connectivity index (χ3v) is 5.27. The summed E-state index contributed by atoms with van der Waals surface area (Å²) in [7, 11) is 3.47. The second-order valence-corrected chi connectivity index (χ2v) is 8.56. The Bertz CT molecular complexity index is 964. The highest BCUT2D eigenvalue weighted by Gasteiger charge is 2.09. The molecule has 2 aromatic rings. The first kappa shape index (κ1) is 27.0. The summed E-state index contributed by atoms with van der Waals surface area (Å²) in [5, 5.41) is 5.80. The molecule has 0 atom stereocenters. The molecule has 0 radical (unpaired) electrons. The first-order chi connectivity index (χ1) is 16.3. The largest absolute Gasteiger partial charge is 0.466 e. The molecule has 0 aliphatic carbocycles. The minimum atomic E-state index is -0.300. The number of hydrogen-bond acceptors (Lipinski definition) is 5. The molecule has 0 aliphatic heterocycles. The molecule has 0 fully saturated rings. The minimum Gasteiger partial charge on any atom is -0.466 e. The number of anilines is 1. The SMILES string of the molecule is CN(C)C(=O)CCc1cccc(NC(=S)NC(=O)CCCC(=O)OCCCc2ccccc2)c1. The lowest BCUT2D eigenvalue weighted by Crippen LogP contribution is -2.34. The van der Waals surface area contributed by atoms with Gasteiger partial charge in [0.15, 0.2) is 5.11 Å². The van der Waals surface area contributed by atoms with Gasteiger partial charge < -0.3 is 20.3 Å². The van der Waals surface area contributed by atoms with Gasteiger partial charge in [-0.15, -0.1) is 0 Å². The van der Waals surface area contributed by atoms with Crippen LogP contribution in [0.2, 0.25) is 0 Å². The minimum absolute atomic E-state index is 0.0669. The van der Waals surface area contributed by atoms with E-state index in [4.69, 9.17) is 17.0 Å². The lowest BCUT2D eigenvalue weighted by atomic mass is 10.1. The normalized spacial score (nSPS) is 10.3. The number of aryl methyl sites for hydroxylation is 2. The van der Waals surface area contributed by atoms with Crippen LogP contribution in [0.4, 0.5) is 5.69 Å². The number of ether oxygens (including phenoxy) is 1. The molecule has 0 heterocycles. The highest BCUT2D eigenvalue weighted by molar-refractivity contribution is 7.80. The van der Waals surface area contributed by atoms with Crippen molar-refractivity contribution >= 4 is 40.8 Å². The van der Waals surface area contributed by atoms with Gasteiger partial charge in [0.1, 0.15) is 0 Å². The number of hydrogen-bond donors (Lipinski definition) is 2. The predicted octanol–water partition coefficient (Wildman–Crippen LogP) is 3.87. The van der Waals surface area contributed by atoms with Crippen molar-refractivity contribution in [2.75, 3.05) is 26.0 Å². The van der Waals surface area contributed by atoms with E-state index in [1.54, 1.807) is 19.0 Å². The van der Waals surface area contributed by atoms with Gasteiger partial charge in [-0.1, -0.05) is 42.5 Å². The molecule has 34 heavy (non-hydrogen) atoms. The number of carbonyl (C=O) groups is 3. The van der Waals surface area contributed by atoms with E-state index in [-0.39, 0.29) is 35.7 Å². The van der Waals surface area contributed by atoms with Crippen LogP contribution in [0.1, 0.15) is 43.2 Å². The molecule has 0 saturated carbocycles. The average Bonchev–Trinajstić information content (AvgIpc) is 2.81. The molecule has 0 unspecified atom stereocenters. The fourth-order valence-electron chi connectivity index (χ4n) is 3.20. The summed E-state index contributed by atoms with van der Waals surface area (Å²) >= 11 is 5.21. The van der Waals surface area contributed by atoms with E-state index < -0.39 is 0 Å². The number of esters is 1. The highest BCUT2D eigenvalue weighted by Crippen LogP contribution is 2.13. The van der Waals surface area contributed by atoms with Crippen molar-refractivity contribution in [2.45, 2.75) is 44.9 Å². The summed E-state index contributed by atoms with van der Waals surface area (Å²) in [6.45, 7) is 0.371. The molecule has 182 valence electrons. The topological polar surface area (TPSA) is 87.7 Å². The lowest BCUT2D eigenvalue weighted by Gasteiger charge is -2.12. The molecule has 0 aliphatic rings. The van der Waals surface area contributed by atoms with Gasteiger partial charge in [-0.25, -0.2) is 0 Å². The van der Waals surface area contributed by atoms with Crippen molar-refractivity contribution in [1.82, 2.24) is 10.2 Å². The van der Waals surface area contributed by atoms with E-state index in [0.717, 1.165) is 24.1 Å². The number of nitrogens with zero attached hydrogens (tertiary/aromatic N) is 1. The van der Waals surface area contributed by atoms with Crippen LogP contribution in [0.15, 0.2) is 54.6 Å². The third kappa shape index (κ3) is 11.0. The summed E-state index contributed by atoms with van der Waals surface area (Å²) in [5.74, 6) is -0.495. The Hall–Kier alpha value is -3.26. The number of carbonyl (C=O) groups excluding carboxylic acids is 3. The Morgan fingerprint density at radius 1 is 0.882 bits per heavy atom. The number of benzene rings is 2. The van der Waals surface area contributed by atoms with Crippen molar-refractivity contribution < 1.29 is 19.1 Å². The van der Waals surface area contributed by atoms with Gasteiger partial charge >= 0.3 is 5.97 Å². The Morgan fingerprint density at radius 2 is 1.62 bits per heavy atom. The van der Waals surface area contributed by atoms with Crippen LogP contribution in [0.25, 0.3) is 0 Å². The Morgan fingerprint density at radius 3 is 2.35 bits per heavy atom. The first-order valence-corrected chi connectivity index (χ1v) is 11.8. The van der Waals surface area contributed by atoms with Crippen molar-refractivity contribution in [3.63, 3.8) is 0 Å². The van der Waals surface area contributed by atoms with Gasteiger partial charge in [0.05, 0.1) is 6.61 Å². The van der Waals surface area contributed by atoms with Crippen LogP contribution in [0.3, 0.4) is 0 Å². The van der Waals surface area contributed by atoms with E-state index in [9.17, 15) is 14.4 Å². The smallest absolute Gasteiger partial charge is 0.305 e. The Labute approximate surface area is 206 Å². The quantitative estimate of drug-likeness (QED) is 0.271. The van der Waals surface area contributed by atoms with Crippen molar-refractivity contribution in [3.05, 3.63) is 65.7 Å². The maximum atomic E-state index is 12.1. The summed E-state index contributed by atoms with van der Waals surface area (Å²) in [4.78, 5) is 37.3. The monoisotopic (exact) mass is 483 g/mol. The molecular formula is C26H33N3O4S. The van der Waals surface area contributed by atoms with Crippen LogP contribution >= 0.6 is 12.2 Å². The van der Waals surface area contributed by atoms with E-state index in [2.05, 4.69) is 10.6 Å². The van der Waals surface area contributed by atoms with Crippen LogP contribution in [0.5, 0.6) is 0 Å². The highest BCUT2D eigenvalue weighted by atomic mass is 32.1. The van der Waals surface area contributed by atoms with Gasteiger partial charge in [0.25, 0.3) is 0 Å². The first-order valence-electron chi connectivity index (χ1n) is 11.4. The summed E-state index contributed by atoms with van der Waals surface area (Å²) in [6.07, 6.45) is 3.42. The molecule has 8 heteroatoms. The fourth-order valence-corrected chi connectivity index (χ4v) is 3.44. The van der Waals surface area contributed by atoms with Crippen LogP contribution in [-0.2, 0) is 32.0 Å². The summed E-state index contributed by atoms with van der Waals surface area (Å²) < 4.78 is 5.23. The van der Waals surface area contributed by atoms with Crippen molar-refractivity contribution in [1.29, 1.82) is 0 Å². The van der Waals surface area contributed by atoms with E-state index in [1.807, 2.05) is 54.6 Å². The molecule has 7 nitrogen and oxygen atoms in total. The summed E-state index contributed by atoms with van der Waals surface area (Å²) in [5.41, 5.74) is 2.95. The molecule has 2 amide bonds. The molecule has 0 aromatic heterocycles. The fraction of sp³-hybridized carbons (Fsp3) is 0.385. The number of nitrogens with one attached hydrogen (secondary N) is 2. The zero-order chi connectivity index (χ0) is 24.8. The van der Waals surface area contributed by atoms with E-state index in [1.165, 1.54) is 5.56 Å². The van der Waals surface area contributed by atoms with Gasteiger partial charge in [-0.3, -0.25) is 14.4 Å². The molecule has 0 bridgehead atoms. The molecule has 0 saturated heterocycles. The maximum Gasteiger partial charge on any atom is 0.305 e. The second-order valence-electron chi connectivity index (χ2n) is 8.15. The van der Waals surface area contributed by atoms with Crippen LogP contribution in [-0.4, -0.2) is 48.5 Å². The maximum absolute atomic E-state index is 12.1. The number of amides is 2. The van der Waals surface area contributed by atoms with E-state index in [0.29, 0.717) is 25.9 Å². The zero-order valence-electron chi connectivity index (χ0n) is 19.8. The third-order valence-electron chi connectivity index (χ3n) is 5.06. The Kier molecular flexibility index (Phi) is 11.7. The zero-order valence-corrected chi connectivity index (χ0v) is 20.7. The molecule has 2 aromatic carbocycles. The molecule has 2 N–H and O–H groups in total. The van der Waals surface area contributed by atoms with Crippen LogP contribution < -0.4 is 10.6 Å². The molecule has 0 spiro atoms. The van der Waals surface area contributed by atoms with Crippen molar-refractivity contribution in [3.8, 4) is 0 Å². The van der Waals surface area contributed by atoms with Gasteiger partial charge in [0, 0.05) is 39.0 Å². The Balaban J connectivity index is 1.60. The van der Waals surface area contributed by atoms with Gasteiger partial charge in [0.2, 0.25) is 11.8 Å². The van der Waals surface area contributed by atoms with E-state index >= 15 is 0 Å². The second kappa shape index (κ2) is 14.8. The van der Waals surface area contributed by atoms with Gasteiger partial charge in [-0.05, 0) is 61.2 Å². The van der Waals surface area contributed by atoms with Crippen LogP contribution in [0, 0.1) is 0 Å². The van der Waals surface area contributed by atoms with Gasteiger partial charge in [-0.2, -0.15) is 0 Å². The lowest BCUT2D eigenvalue weighted by molar-refractivity contribution is -0.143. The predicted molar refractivity (Wildman–Crippen MR) is 137 cm³/mol.